The average Bonchev–Trinajstić information content (AvgIpc) is 3.87. The van der Waals surface area contributed by atoms with Gasteiger partial charge < -0.3 is 43.2 Å². The van der Waals surface area contributed by atoms with Crippen LogP contribution in [-0.2, 0) is 57.5 Å². The van der Waals surface area contributed by atoms with Crippen molar-refractivity contribution < 1.29 is 55.6 Å². The van der Waals surface area contributed by atoms with Gasteiger partial charge in [0.25, 0.3) is 0 Å². The average molecular weight is 853 g/mol. The molecule has 16 heteroatoms. The molecule has 1 amide bonds. The Kier molecular flexibility index (Phi) is 15.6. The highest BCUT2D eigenvalue weighted by Gasteiger charge is 2.44. The Labute approximate surface area is 346 Å². The number of methoxy groups -OCH3 is 1. The summed E-state index contributed by atoms with van der Waals surface area (Å²) in [5.74, 6) is 0.707. The van der Waals surface area contributed by atoms with Gasteiger partial charge in [0.2, 0.25) is 10.0 Å². The van der Waals surface area contributed by atoms with E-state index >= 15 is 0 Å². The van der Waals surface area contributed by atoms with Crippen LogP contribution < -0.4 is 14.8 Å². The third kappa shape index (κ3) is 12.6. The predicted octanol–water partition coefficient (Wildman–Crippen LogP) is 6.76. The normalized spacial score (nSPS) is 19.0. The second-order valence-electron chi connectivity index (χ2n) is 14.9. The summed E-state index contributed by atoms with van der Waals surface area (Å²) in [6.45, 7) is 4.38. The smallest absolute Gasteiger partial charge is 0.407 e. The van der Waals surface area contributed by atoms with Gasteiger partial charge in [-0.25, -0.2) is 13.2 Å². The number of hydrogen-bond donors (Lipinski definition) is 2. The Morgan fingerprint density at radius 1 is 0.847 bits per heavy atom. The summed E-state index contributed by atoms with van der Waals surface area (Å²) < 4.78 is 82.8. The van der Waals surface area contributed by atoms with Gasteiger partial charge in [-0.2, -0.15) is 4.31 Å². The number of aliphatic hydroxyl groups excluding tert-OH is 1. The van der Waals surface area contributed by atoms with Crippen LogP contribution in [-0.4, -0.2) is 88.2 Å². The number of carbonyl (C=O) groups is 1. The zero-order valence-electron chi connectivity index (χ0n) is 33.5. The van der Waals surface area contributed by atoms with Gasteiger partial charge in [-0.1, -0.05) is 86.6 Å². The highest BCUT2D eigenvalue weighted by molar-refractivity contribution is 7.89. The maximum atomic E-state index is 13.9. The number of aliphatic hydroxyl groups is 1. The van der Waals surface area contributed by atoms with E-state index in [1.807, 2.05) is 74.5 Å². The first-order valence-electron chi connectivity index (χ1n) is 19.6. The van der Waals surface area contributed by atoms with Gasteiger partial charge in [0, 0.05) is 13.1 Å². The van der Waals surface area contributed by atoms with Gasteiger partial charge in [0.1, 0.15) is 17.6 Å². The topological polar surface area (TPSA) is 168 Å². The molecule has 2 heterocycles. The summed E-state index contributed by atoms with van der Waals surface area (Å²) in [6, 6.07) is 30.6. The Hall–Kier alpha value is -4.31. The fourth-order valence-corrected chi connectivity index (χ4v) is 9.64. The lowest BCUT2D eigenvalue weighted by Crippen LogP contribution is -2.51. The Balaban J connectivity index is 1.16. The Morgan fingerprint density at radius 3 is 2.05 bits per heavy atom. The molecule has 6 rings (SSSR count). The van der Waals surface area contributed by atoms with Crippen molar-refractivity contribution in [1.82, 2.24) is 9.62 Å². The van der Waals surface area contributed by atoms with Crippen LogP contribution in [0.5, 0.6) is 11.5 Å². The minimum atomic E-state index is -4.06. The monoisotopic (exact) mass is 852 g/mol. The van der Waals surface area contributed by atoms with Crippen LogP contribution in [0.4, 0.5) is 4.79 Å². The lowest BCUT2D eigenvalue weighted by atomic mass is 10.0. The number of benzene rings is 4. The van der Waals surface area contributed by atoms with Crippen molar-refractivity contribution in [3.63, 3.8) is 0 Å². The van der Waals surface area contributed by atoms with Crippen molar-refractivity contribution in [2.45, 2.75) is 69.3 Å². The molecule has 2 saturated heterocycles. The highest BCUT2D eigenvalue weighted by Crippen LogP contribution is 2.50. The molecule has 14 nitrogen and oxygen atoms in total. The minimum absolute atomic E-state index is 0.0423. The number of rotatable bonds is 21. The fourth-order valence-electron chi connectivity index (χ4n) is 6.80. The first-order valence-corrected chi connectivity index (χ1v) is 22.8. The molecule has 2 aliphatic rings. The molecule has 0 radical (unpaired) electrons. The van der Waals surface area contributed by atoms with E-state index in [2.05, 4.69) is 5.32 Å². The molecule has 318 valence electrons. The van der Waals surface area contributed by atoms with E-state index in [-0.39, 0.29) is 62.4 Å². The molecule has 0 bridgehead atoms. The summed E-state index contributed by atoms with van der Waals surface area (Å²) in [5.41, 5.74) is 2.34. The number of ether oxygens (including phenoxy) is 5. The quantitative estimate of drug-likeness (QED) is 0.0847. The van der Waals surface area contributed by atoms with Crippen LogP contribution in [0.25, 0.3) is 0 Å². The molecule has 2 aliphatic heterocycles. The number of fused-ring (bicyclic) bond motifs is 1. The molecule has 0 spiro atoms. The van der Waals surface area contributed by atoms with Crippen LogP contribution in [0.3, 0.4) is 0 Å². The van der Waals surface area contributed by atoms with E-state index in [4.69, 9.17) is 32.7 Å². The van der Waals surface area contributed by atoms with Crippen LogP contribution >= 0.6 is 7.60 Å². The number of nitrogens with one attached hydrogen (secondary N) is 1. The maximum absolute atomic E-state index is 13.9. The van der Waals surface area contributed by atoms with E-state index in [1.165, 1.54) is 23.5 Å². The van der Waals surface area contributed by atoms with Crippen molar-refractivity contribution in [2.24, 2.45) is 11.8 Å². The van der Waals surface area contributed by atoms with Crippen LogP contribution in [0, 0.1) is 11.8 Å². The van der Waals surface area contributed by atoms with Crippen molar-refractivity contribution in [2.75, 3.05) is 39.8 Å². The molecular weight excluding hydrogens is 800 g/mol. The SMILES string of the molecule is COc1ccc(S(=O)(=O)N(CC(C)C)CC(O)C(Cc2ccc(OCP(=O)(OCc3ccccc3)OCc3ccccc3)cc2)NC(=O)OC2COC3OCCC23)cc1. The van der Waals surface area contributed by atoms with Gasteiger partial charge >= 0.3 is 13.7 Å². The second-order valence-corrected chi connectivity index (χ2v) is 18.9. The number of amides is 1. The number of hydrogen-bond acceptors (Lipinski definition) is 12. The molecule has 0 aromatic heterocycles. The van der Waals surface area contributed by atoms with Gasteiger partial charge in [-0.05, 0) is 71.8 Å². The number of sulfonamides is 1. The molecule has 4 aromatic rings. The molecule has 2 N–H and O–H groups in total. The maximum Gasteiger partial charge on any atom is 0.407 e. The molecule has 59 heavy (non-hydrogen) atoms. The number of nitrogens with zero attached hydrogens (tertiary/aromatic N) is 1. The molecule has 2 fully saturated rings. The first kappa shape index (κ1) is 44.2. The number of alkyl carbamates (subject to hydrolysis) is 1. The van der Waals surface area contributed by atoms with Gasteiger partial charge in [0.15, 0.2) is 12.6 Å². The van der Waals surface area contributed by atoms with E-state index in [1.54, 1.807) is 36.4 Å². The molecule has 0 saturated carbocycles. The van der Waals surface area contributed by atoms with Gasteiger partial charge in [0.05, 0.1) is 56.5 Å². The molecule has 4 aromatic carbocycles. The highest BCUT2D eigenvalue weighted by atomic mass is 32.2. The summed E-state index contributed by atoms with van der Waals surface area (Å²) in [4.78, 5) is 13.4. The van der Waals surface area contributed by atoms with E-state index < -0.39 is 48.3 Å². The Morgan fingerprint density at radius 2 is 1.46 bits per heavy atom. The predicted molar refractivity (Wildman–Crippen MR) is 219 cm³/mol. The van der Waals surface area contributed by atoms with Gasteiger partial charge in [-0.3, -0.25) is 4.57 Å². The van der Waals surface area contributed by atoms with Crippen LogP contribution in [0.2, 0.25) is 0 Å². The third-order valence-electron chi connectivity index (χ3n) is 9.98. The summed E-state index contributed by atoms with van der Waals surface area (Å²) in [5, 5.41) is 14.6. The van der Waals surface area contributed by atoms with Crippen molar-refractivity contribution >= 4 is 23.7 Å². The Bertz CT molecular complexity index is 2030. The van der Waals surface area contributed by atoms with Crippen molar-refractivity contribution in [3.8, 4) is 11.5 Å². The molecule has 5 unspecified atom stereocenters. The standard InChI is InChI=1S/C43H53N2O12PS/c1-31(2)25-45(59(49,50)37-20-18-35(51-3)19-21-37)26-40(46)39(44-43(47)57-41-29-53-42-38(41)22-23-52-42)24-32-14-16-36(17-15-32)54-30-58(48,55-27-33-10-6-4-7-11-33)56-28-34-12-8-5-9-13-34/h4-21,31,38-42,46H,22-30H2,1-3H3,(H,44,47). The lowest BCUT2D eigenvalue weighted by Gasteiger charge is -2.31. The number of carbonyl (C=O) groups excluding carboxylic acids is 1. The molecule has 5 atom stereocenters. The van der Waals surface area contributed by atoms with E-state index in [0.717, 1.165) is 11.1 Å². The second kappa shape index (κ2) is 20.8. The summed E-state index contributed by atoms with van der Waals surface area (Å²) in [6.07, 6.45) is -2.66. The van der Waals surface area contributed by atoms with E-state index in [0.29, 0.717) is 30.1 Å². The largest absolute Gasteiger partial charge is 0.497 e. The fraction of sp³-hybridized carbons (Fsp3) is 0.419. The zero-order chi connectivity index (χ0) is 41.8. The van der Waals surface area contributed by atoms with Crippen molar-refractivity contribution in [3.05, 3.63) is 126 Å². The molecular formula is C43H53N2O12PS. The van der Waals surface area contributed by atoms with Gasteiger partial charge in [-0.15, -0.1) is 0 Å². The summed E-state index contributed by atoms with van der Waals surface area (Å²) in [7, 11) is -6.32. The summed E-state index contributed by atoms with van der Waals surface area (Å²) >= 11 is 0. The van der Waals surface area contributed by atoms with Crippen LogP contribution in [0.1, 0.15) is 37.0 Å². The third-order valence-corrected chi connectivity index (χ3v) is 13.3. The molecule has 0 aliphatic carbocycles. The first-order chi connectivity index (χ1) is 28.4. The zero-order valence-corrected chi connectivity index (χ0v) is 35.2. The van der Waals surface area contributed by atoms with Crippen molar-refractivity contribution in [1.29, 1.82) is 0 Å². The van der Waals surface area contributed by atoms with Crippen LogP contribution in [0.15, 0.2) is 114 Å². The lowest BCUT2D eigenvalue weighted by molar-refractivity contribution is -0.0907. The minimum Gasteiger partial charge on any atom is -0.497 e. The van der Waals surface area contributed by atoms with E-state index in [9.17, 15) is 22.9 Å².